The van der Waals surface area contributed by atoms with E-state index in [0.29, 0.717) is 22.0 Å². The van der Waals surface area contributed by atoms with E-state index in [4.69, 9.17) is 16.1 Å². The van der Waals surface area contributed by atoms with Crippen LogP contribution in [0.1, 0.15) is 38.0 Å². The van der Waals surface area contributed by atoms with Crippen molar-refractivity contribution in [1.82, 2.24) is 20.3 Å². The smallest absolute Gasteiger partial charge is 0.354 e. The molecular weight excluding hydrogens is 444 g/mol. The van der Waals surface area contributed by atoms with Gasteiger partial charge in [0.1, 0.15) is 17.1 Å². The third-order valence-corrected chi connectivity index (χ3v) is 4.94. The number of aromatic carboxylic acids is 1. The number of hydrogen-bond acceptors (Lipinski definition) is 7. The van der Waals surface area contributed by atoms with Crippen LogP contribution in [0.15, 0.2) is 40.9 Å². The molecule has 11 nitrogen and oxygen atoms in total. The Hall–Kier alpha value is -3.70. The van der Waals surface area contributed by atoms with Crippen LogP contribution in [0.3, 0.4) is 0 Å². The Bertz CT molecular complexity index is 1160. The fourth-order valence-electron chi connectivity index (χ4n) is 3.02. The van der Waals surface area contributed by atoms with Gasteiger partial charge in [0.25, 0.3) is 5.91 Å². The summed E-state index contributed by atoms with van der Waals surface area (Å²) in [6.07, 6.45) is -2.02. The highest BCUT2D eigenvalue weighted by molar-refractivity contribution is 6.31. The first kappa shape index (κ1) is 23.0. The maximum absolute atomic E-state index is 12.8. The van der Waals surface area contributed by atoms with Crippen LogP contribution < -0.4 is 5.32 Å². The summed E-state index contributed by atoms with van der Waals surface area (Å²) in [5, 5.41) is 39.3. The molecular formula is C20H19ClN4O7. The normalized spacial score (nSPS) is 12.8. The van der Waals surface area contributed by atoms with E-state index in [1.165, 1.54) is 0 Å². The maximum atomic E-state index is 12.8. The predicted octanol–water partition coefficient (Wildman–Crippen LogP) is 1.37. The van der Waals surface area contributed by atoms with Crippen molar-refractivity contribution < 1.29 is 34.2 Å². The van der Waals surface area contributed by atoms with Crippen LogP contribution >= 0.6 is 11.6 Å². The second-order valence-corrected chi connectivity index (χ2v) is 7.37. The summed E-state index contributed by atoms with van der Waals surface area (Å²) in [4.78, 5) is 35.7. The summed E-state index contributed by atoms with van der Waals surface area (Å²) in [7, 11) is 0. The number of aromatic nitrogens is 3. The fourth-order valence-corrected chi connectivity index (χ4v) is 3.24. The van der Waals surface area contributed by atoms with Crippen LogP contribution in [0.5, 0.6) is 0 Å². The molecule has 0 saturated heterocycles. The van der Waals surface area contributed by atoms with Crippen LogP contribution in [-0.2, 0) is 17.8 Å². The molecule has 0 saturated carbocycles. The highest BCUT2D eigenvalue weighted by atomic mass is 35.5. The van der Waals surface area contributed by atoms with E-state index in [0.717, 1.165) is 10.7 Å². The average molecular weight is 463 g/mol. The molecule has 4 N–H and O–H groups in total. The van der Waals surface area contributed by atoms with Gasteiger partial charge in [0.15, 0.2) is 11.8 Å². The number of benzene rings is 1. The largest absolute Gasteiger partial charge is 0.479 e. The van der Waals surface area contributed by atoms with Gasteiger partial charge in [-0.15, -0.1) is 0 Å². The van der Waals surface area contributed by atoms with Gasteiger partial charge in [-0.1, -0.05) is 35.0 Å². The minimum absolute atomic E-state index is 0.0624. The molecule has 0 spiro atoms. The minimum Gasteiger partial charge on any atom is -0.479 e. The first-order valence-electron chi connectivity index (χ1n) is 9.34. The highest BCUT2D eigenvalue weighted by Gasteiger charge is 2.30. The number of carbonyl (C=O) groups is 3. The summed E-state index contributed by atoms with van der Waals surface area (Å²) in [5.41, 5.74) is 0.359. The van der Waals surface area contributed by atoms with E-state index < -0.39 is 30.0 Å². The molecule has 0 aliphatic heterocycles. The zero-order chi connectivity index (χ0) is 23.4. The zero-order valence-corrected chi connectivity index (χ0v) is 17.5. The number of amides is 1. The molecule has 2 aromatic heterocycles. The van der Waals surface area contributed by atoms with Crippen molar-refractivity contribution in [3.63, 3.8) is 0 Å². The molecule has 0 aliphatic rings. The lowest BCUT2D eigenvalue weighted by Gasteiger charge is -2.21. The molecule has 3 aromatic rings. The standard InChI is InChI=1S/C20H19ClN4O7/c1-10-6-12(24-32-10)9-25-16(19(28)29)8-15(23-25)18(27)22-14(17(26)20(30)31)7-11-4-2-3-5-13(11)21/h2-6,8,14,17,26H,7,9H2,1H3,(H,22,27)(H,28,29)(H,30,31)/t14-,17-/m1/s1. The number of rotatable bonds is 9. The molecule has 0 radical (unpaired) electrons. The van der Waals surface area contributed by atoms with Crippen LogP contribution in [-0.4, -0.2) is 60.2 Å². The quantitative estimate of drug-likeness (QED) is 0.367. The second kappa shape index (κ2) is 9.62. The molecule has 2 atom stereocenters. The topological polar surface area (TPSA) is 168 Å². The lowest BCUT2D eigenvalue weighted by Crippen LogP contribution is -2.48. The van der Waals surface area contributed by atoms with Crippen molar-refractivity contribution in [2.45, 2.75) is 32.0 Å². The Morgan fingerprint density at radius 1 is 1.22 bits per heavy atom. The molecule has 32 heavy (non-hydrogen) atoms. The van der Waals surface area contributed by atoms with Gasteiger partial charge in [-0.05, 0) is 25.0 Å². The Kier molecular flexibility index (Phi) is 6.91. The van der Waals surface area contributed by atoms with Gasteiger partial charge in [-0.25, -0.2) is 9.59 Å². The molecule has 3 rings (SSSR count). The van der Waals surface area contributed by atoms with E-state index >= 15 is 0 Å². The Labute approximate surface area is 186 Å². The van der Waals surface area contributed by atoms with Crippen molar-refractivity contribution in [2.24, 2.45) is 0 Å². The van der Waals surface area contributed by atoms with E-state index in [2.05, 4.69) is 15.6 Å². The van der Waals surface area contributed by atoms with Crippen molar-refractivity contribution in [3.8, 4) is 0 Å². The number of carbonyl (C=O) groups excluding carboxylic acids is 1. The Morgan fingerprint density at radius 3 is 2.53 bits per heavy atom. The van der Waals surface area contributed by atoms with Gasteiger partial charge in [0, 0.05) is 17.2 Å². The number of hydrogen-bond donors (Lipinski definition) is 4. The summed E-state index contributed by atoms with van der Waals surface area (Å²) >= 11 is 6.11. The number of nitrogens with zero attached hydrogens (tertiary/aromatic N) is 3. The van der Waals surface area contributed by atoms with E-state index in [1.807, 2.05) is 0 Å². The summed E-state index contributed by atoms with van der Waals surface area (Å²) in [6.45, 7) is 1.61. The van der Waals surface area contributed by atoms with Gasteiger partial charge in [0.2, 0.25) is 0 Å². The summed E-state index contributed by atoms with van der Waals surface area (Å²) in [5.74, 6) is -3.21. The van der Waals surface area contributed by atoms with Crippen LogP contribution in [0.4, 0.5) is 0 Å². The third-order valence-electron chi connectivity index (χ3n) is 4.57. The highest BCUT2D eigenvalue weighted by Crippen LogP contribution is 2.18. The second-order valence-electron chi connectivity index (χ2n) is 6.97. The molecule has 12 heteroatoms. The maximum Gasteiger partial charge on any atom is 0.354 e. The van der Waals surface area contributed by atoms with Crippen molar-refractivity contribution in [2.75, 3.05) is 0 Å². The average Bonchev–Trinajstić information content (AvgIpc) is 3.35. The van der Waals surface area contributed by atoms with Gasteiger partial charge >= 0.3 is 11.9 Å². The summed E-state index contributed by atoms with van der Waals surface area (Å²) < 4.78 is 6.01. The monoisotopic (exact) mass is 462 g/mol. The number of aliphatic carboxylic acids is 1. The van der Waals surface area contributed by atoms with Crippen LogP contribution in [0.25, 0.3) is 0 Å². The first-order valence-corrected chi connectivity index (χ1v) is 9.72. The minimum atomic E-state index is -1.94. The van der Waals surface area contributed by atoms with E-state index in [-0.39, 0.29) is 24.4 Å². The van der Waals surface area contributed by atoms with Gasteiger partial charge in [-0.3, -0.25) is 9.48 Å². The van der Waals surface area contributed by atoms with Gasteiger partial charge in [0.05, 0.1) is 12.6 Å². The predicted molar refractivity (Wildman–Crippen MR) is 110 cm³/mol. The molecule has 1 amide bonds. The van der Waals surface area contributed by atoms with Gasteiger partial charge < -0.3 is 25.2 Å². The van der Waals surface area contributed by atoms with Gasteiger partial charge in [-0.2, -0.15) is 5.10 Å². The Balaban J connectivity index is 1.85. The number of nitrogens with one attached hydrogen (secondary N) is 1. The molecule has 0 aliphatic carbocycles. The lowest BCUT2D eigenvalue weighted by atomic mass is 10.0. The number of aliphatic hydroxyl groups is 1. The molecule has 168 valence electrons. The fraction of sp³-hybridized carbons (Fsp3) is 0.250. The molecule has 1 aromatic carbocycles. The summed E-state index contributed by atoms with van der Waals surface area (Å²) in [6, 6.07) is 7.97. The van der Waals surface area contributed by atoms with Crippen molar-refractivity contribution in [1.29, 1.82) is 0 Å². The number of aliphatic hydroxyl groups excluding tert-OH is 1. The number of halogens is 1. The molecule has 0 fully saturated rings. The van der Waals surface area contributed by atoms with E-state index in [1.54, 1.807) is 37.3 Å². The van der Waals surface area contributed by atoms with Crippen LogP contribution in [0, 0.1) is 6.92 Å². The lowest BCUT2D eigenvalue weighted by molar-refractivity contribution is -0.148. The molecule has 0 unspecified atom stereocenters. The SMILES string of the molecule is Cc1cc(Cn2nc(C(=O)N[C@H](Cc3ccccc3Cl)[C@@H](O)C(=O)O)cc2C(=O)O)no1. The molecule has 2 heterocycles. The van der Waals surface area contributed by atoms with Crippen LogP contribution in [0.2, 0.25) is 5.02 Å². The van der Waals surface area contributed by atoms with Crippen molar-refractivity contribution >= 4 is 29.4 Å². The first-order chi connectivity index (χ1) is 15.2. The zero-order valence-electron chi connectivity index (χ0n) is 16.7. The number of carboxylic acid groups (broad SMARTS) is 2. The number of carboxylic acids is 2. The third kappa shape index (κ3) is 5.31. The van der Waals surface area contributed by atoms with Crippen molar-refractivity contribution in [3.05, 3.63) is 69.8 Å². The van der Waals surface area contributed by atoms with E-state index in [9.17, 15) is 29.7 Å². The Morgan fingerprint density at radius 2 is 1.94 bits per heavy atom. The molecule has 0 bridgehead atoms. The number of aryl methyl sites for hydroxylation is 1.